The van der Waals surface area contributed by atoms with E-state index >= 15 is 4.39 Å². The van der Waals surface area contributed by atoms with Crippen LogP contribution in [0, 0.1) is 12.7 Å². The molecule has 1 aliphatic carbocycles. The number of fused-ring (bicyclic) bond motifs is 1. The van der Waals surface area contributed by atoms with Crippen molar-refractivity contribution in [2.45, 2.75) is 42.5 Å². The minimum Gasteiger partial charge on any atom is -0.454 e. The van der Waals surface area contributed by atoms with Gasteiger partial charge in [0, 0.05) is 11.3 Å². The van der Waals surface area contributed by atoms with Gasteiger partial charge in [-0.05, 0) is 85.8 Å². The number of carbonyl (C=O) groups excluding carboxylic acids is 1. The fourth-order valence-corrected chi connectivity index (χ4v) is 6.07. The Labute approximate surface area is 227 Å². The van der Waals surface area contributed by atoms with Gasteiger partial charge in [-0.25, -0.2) is 9.11 Å². The monoisotopic (exact) mass is 558 g/mol. The molecular formula is C28H31FN2O7S. The van der Waals surface area contributed by atoms with Crippen molar-refractivity contribution >= 4 is 22.4 Å². The predicted octanol–water partition coefficient (Wildman–Crippen LogP) is 4.56. The summed E-state index contributed by atoms with van der Waals surface area (Å²) in [6, 6.07) is 14.6. The van der Waals surface area contributed by atoms with E-state index in [1.807, 2.05) is 19.1 Å². The average Bonchev–Trinajstić information content (AvgIpc) is 3.60. The number of ether oxygens (including phenoxy) is 2. The van der Waals surface area contributed by atoms with Crippen LogP contribution in [-0.4, -0.2) is 50.8 Å². The summed E-state index contributed by atoms with van der Waals surface area (Å²) < 4.78 is 49.7. The molecular weight excluding hydrogens is 527 g/mol. The molecule has 11 heteroatoms. The van der Waals surface area contributed by atoms with Gasteiger partial charge in [-0.3, -0.25) is 13.9 Å². The van der Waals surface area contributed by atoms with Crippen molar-refractivity contribution in [1.82, 2.24) is 4.72 Å². The number of rotatable bonds is 9. The molecule has 208 valence electrons. The zero-order valence-electron chi connectivity index (χ0n) is 21.5. The summed E-state index contributed by atoms with van der Waals surface area (Å²) in [4.78, 5) is 13.2. The normalized spacial score (nSPS) is 16.2. The summed E-state index contributed by atoms with van der Waals surface area (Å²) in [5.74, 6) is 0.406. The summed E-state index contributed by atoms with van der Waals surface area (Å²) in [7, 11) is -3.72. The minimum absolute atomic E-state index is 0.126. The van der Waals surface area contributed by atoms with Crippen molar-refractivity contribution < 1.29 is 38.0 Å². The van der Waals surface area contributed by atoms with Crippen LogP contribution >= 0.6 is 10.8 Å². The van der Waals surface area contributed by atoms with Gasteiger partial charge in [-0.15, -0.1) is 10.8 Å². The van der Waals surface area contributed by atoms with Crippen molar-refractivity contribution in [3.05, 3.63) is 71.5 Å². The van der Waals surface area contributed by atoms with Crippen molar-refractivity contribution in [3.63, 3.8) is 0 Å². The van der Waals surface area contributed by atoms with Gasteiger partial charge in [-0.2, -0.15) is 0 Å². The molecule has 5 rings (SSSR count). The molecule has 39 heavy (non-hydrogen) atoms. The van der Waals surface area contributed by atoms with E-state index in [0.29, 0.717) is 35.6 Å². The Hall–Kier alpha value is -3.19. The summed E-state index contributed by atoms with van der Waals surface area (Å²) in [6.07, 6.45) is 1.39. The fraction of sp³-hybridized carbons (Fsp3) is 0.321. The molecule has 0 aromatic heterocycles. The number of halogens is 1. The highest BCUT2D eigenvalue weighted by Crippen LogP contribution is 2.51. The highest BCUT2D eigenvalue weighted by atomic mass is 32.3. The van der Waals surface area contributed by atoms with Crippen molar-refractivity contribution in [2.75, 3.05) is 25.3 Å². The molecule has 6 N–H and O–H groups in total. The molecule has 0 radical (unpaired) electrons. The maximum absolute atomic E-state index is 15.3. The first-order chi connectivity index (χ1) is 18.5. The minimum atomic E-state index is -3.72. The number of hydrogen-bond donors (Lipinski definition) is 6. The zero-order valence-corrected chi connectivity index (χ0v) is 22.3. The summed E-state index contributed by atoms with van der Waals surface area (Å²) in [5, 5.41) is 21.9. The van der Waals surface area contributed by atoms with Gasteiger partial charge in [0.2, 0.25) is 12.7 Å². The molecule has 0 spiro atoms. The second kappa shape index (κ2) is 10.1. The van der Waals surface area contributed by atoms with E-state index in [0.717, 1.165) is 17.2 Å². The first-order valence-electron chi connectivity index (χ1n) is 12.4. The van der Waals surface area contributed by atoms with Crippen LogP contribution in [0.1, 0.15) is 30.9 Å². The quantitative estimate of drug-likeness (QED) is 0.225. The summed E-state index contributed by atoms with van der Waals surface area (Å²) in [5.41, 5.74) is 0.813. The van der Waals surface area contributed by atoms with Gasteiger partial charge in [-0.1, -0.05) is 12.1 Å². The Kier molecular flexibility index (Phi) is 7.08. The van der Waals surface area contributed by atoms with Gasteiger partial charge in [0.05, 0.1) is 29.1 Å². The topological polar surface area (TPSA) is 141 Å². The van der Waals surface area contributed by atoms with E-state index < -0.39 is 40.8 Å². The lowest BCUT2D eigenvalue weighted by Gasteiger charge is -2.41. The Morgan fingerprint density at radius 3 is 2.38 bits per heavy atom. The van der Waals surface area contributed by atoms with Crippen LogP contribution in [0.15, 0.2) is 59.5 Å². The number of aryl methyl sites for hydroxylation is 1. The standard InChI is InChI=1S/C28H31FN2O7S/c1-17-3-5-19(30-26(34)28(9-10-28)18-4-8-24-25(11-18)38-16-37-24)12-22(17)21-7-6-20(13-23(21)29)39(35,36)31-27(2,14-32)15-33/h3-8,11-13,31-33,35-36H,9-10,14-16H2,1-2H3,(H,30,34). The first kappa shape index (κ1) is 27.4. The Balaban J connectivity index is 1.38. The molecule has 0 unspecified atom stereocenters. The van der Waals surface area contributed by atoms with Crippen LogP contribution in [0.25, 0.3) is 11.1 Å². The molecule has 1 heterocycles. The molecule has 1 fully saturated rings. The van der Waals surface area contributed by atoms with Gasteiger partial charge < -0.3 is 25.0 Å². The van der Waals surface area contributed by atoms with Gasteiger partial charge in [0.25, 0.3) is 0 Å². The predicted molar refractivity (Wildman–Crippen MR) is 146 cm³/mol. The molecule has 1 amide bonds. The number of hydrogen-bond acceptors (Lipinski definition) is 8. The van der Waals surface area contributed by atoms with Gasteiger partial charge in [0.15, 0.2) is 11.5 Å². The van der Waals surface area contributed by atoms with E-state index in [4.69, 9.17) is 9.47 Å². The molecule has 3 aromatic rings. The third-order valence-electron chi connectivity index (χ3n) is 7.25. The Bertz CT molecular complexity index is 1420. The van der Waals surface area contributed by atoms with Crippen LogP contribution in [0.4, 0.5) is 10.1 Å². The maximum atomic E-state index is 15.3. The van der Waals surface area contributed by atoms with Gasteiger partial charge in [0.1, 0.15) is 5.82 Å². The second-order valence-corrected chi connectivity index (χ2v) is 12.1. The molecule has 3 aromatic carbocycles. The van der Waals surface area contributed by atoms with E-state index in [1.54, 1.807) is 24.3 Å². The Morgan fingerprint density at radius 1 is 1.00 bits per heavy atom. The SMILES string of the molecule is Cc1ccc(NC(=O)C2(c3ccc4c(c3)OCO4)CC2)cc1-c1ccc(S(O)(O)NC(C)(CO)CO)cc1F. The number of anilines is 1. The number of benzene rings is 3. The Morgan fingerprint density at radius 2 is 1.72 bits per heavy atom. The molecule has 9 nitrogen and oxygen atoms in total. The number of carbonyl (C=O) groups is 1. The smallest absolute Gasteiger partial charge is 0.235 e. The van der Waals surface area contributed by atoms with Crippen LogP contribution in [0.2, 0.25) is 0 Å². The average molecular weight is 559 g/mol. The lowest BCUT2D eigenvalue weighted by molar-refractivity contribution is -0.118. The van der Waals surface area contributed by atoms with Crippen molar-refractivity contribution in [3.8, 4) is 22.6 Å². The van der Waals surface area contributed by atoms with E-state index in [9.17, 15) is 24.1 Å². The zero-order chi connectivity index (χ0) is 28.0. The first-order valence-corrected chi connectivity index (χ1v) is 14.0. The van der Waals surface area contributed by atoms with Crippen molar-refractivity contribution in [2.24, 2.45) is 0 Å². The van der Waals surface area contributed by atoms with Gasteiger partial charge >= 0.3 is 0 Å². The van der Waals surface area contributed by atoms with Crippen LogP contribution < -0.4 is 19.5 Å². The fourth-order valence-electron chi connectivity index (χ4n) is 4.62. The second-order valence-electron chi connectivity index (χ2n) is 10.3. The lowest BCUT2D eigenvalue weighted by atomic mass is 9.94. The van der Waals surface area contributed by atoms with Crippen LogP contribution in [-0.2, 0) is 10.2 Å². The highest BCUT2D eigenvalue weighted by molar-refractivity contribution is 8.22. The van der Waals surface area contributed by atoms with Crippen molar-refractivity contribution in [1.29, 1.82) is 0 Å². The number of amides is 1. The molecule has 0 saturated heterocycles. The number of aliphatic hydroxyl groups excluding tert-OH is 2. The maximum Gasteiger partial charge on any atom is 0.235 e. The molecule has 2 aliphatic rings. The summed E-state index contributed by atoms with van der Waals surface area (Å²) in [6.45, 7) is 2.25. The molecule has 0 atom stereocenters. The van der Waals surface area contributed by atoms with Crippen LogP contribution in [0.3, 0.4) is 0 Å². The van der Waals surface area contributed by atoms with Crippen LogP contribution in [0.5, 0.6) is 11.5 Å². The largest absolute Gasteiger partial charge is 0.454 e. The summed E-state index contributed by atoms with van der Waals surface area (Å²) >= 11 is 0. The molecule has 1 aliphatic heterocycles. The van der Waals surface area contributed by atoms with E-state index in [-0.39, 0.29) is 23.2 Å². The molecule has 1 saturated carbocycles. The van der Waals surface area contributed by atoms with E-state index in [2.05, 4.69) is 10.0 Å². The lowest BCUT2D eigenvalue weighted by Crippen LogP contribution is -2.49. The number of nitrogens with one attached hydrogen (secondary N) is 2. The third kappa shape index (κ3) is 5.21. The highest BCUT2D eigenvalue weighted by Gasteiger charge is 2.51. The third-order valence-corrected chi connectivity index (χ3v) is 8.94. The number of aliphatic hydroxyl groups is 2. The van der Waals surface area contributed by atoms with E-state index in [1.165, 1.54) is 19.1 Å². The molecule has 0 bridgehead atoms.